The van der Waals surface area contributed by atoms with Crippen LogP contribution in [0.4, 0.5) is 5.82 Å². The van der Waals surface area contributed by atoms with Gasteiger partial charge in [-0.25, -0.2) is 9.67 Å². The molecule has 1 aliphatic carbocycles. The number of anilines is 1. The van der Waals surface area contributed by atoms with Crippen molar-refractivity contribution in [2.45, 2.75) is 57.7 Å². The molecule has 1 fully saturated rings. The molecule has 3 aromatic rings. The average molecular weight is 380 g/mol. The molecule has 146 valence electrons. The van der Waals surface area contributed by atoms with Crippen LogP contribution >= 0.6 is 0 Å². The lowest BCUT2D eigenvalue weighted by Crippen LogP contribution is -2.35. The van der Waals surface area contributed by atoms with Crippen LogP contribution < -0.4 is 10.9 Å². The lowest BCUT2D eigenvalue weighted by molar-refractivity contribution is 0.107. The maximum Gasteiger partial charge on any atom is 0.267 e. The van der Waals surface area contributed by atoms with E-state index in [1.165, 1.54) is 0 Å². The second-order valence-electron chi connectivity index (χ2n) is 7.74. The van der Waals surface area contributed by atoms with E-state index in [9.17, 15) is 4.79 Å². The Morgan fingerprint density at radius 2 is 2.07 bits per heavy atom. The van der Waals surface area contributed by atoms with Gasteiger partial charge in [0, 0.05) is 41.9 Å². The molecule has 0 unspecified atom stereocenters. The predicted molar refractivity (Wildman–Crippen MR) is 104 cm³/mol. The molecule has 8 heteroatoms. The molecule has 28 heavy (non-hydrogen) atoms. The number of hydrogen-bond acceptors (Lipinski definition) is 6. The van der Waals surface area contributed by atoms with Gasteiger partial charge in [-0.15, -0.1) is 0 Å². The Balaban J connectivity index is 1.30. The van der Waals surface area contributed by atoms with Crippen LogP contribution in [-0.2, 0) is 17.8 Å². The molecule has 0 atom stereocenters. The maximum absolute atomic E-state index is 12.5. The van der Waals surface area contributed by atoms with Gasteiger partial charge >= 0.3 is 0 Å². The number of rotatable bonds is 3. The van der Waals surface area contributed by atoms with Gasteiger partial charge in [0.15, 0.2) is 5.65 Å². The highest BCUT2D eigenvalue weighted by atomic mass is 16.5. The van der Waals surface area contributed by atoms with Gasteiger partial charge in [-0.2, -0.15) is 14.7 Å². The van der Waals surface area contributed by atoms with Crippen LogP contribution in [0.5, 0.6) is 0 Å². The fraction of sp³-hybridized carbons (Fsp3) is 0.500. The number of ether oxygens (including phenoxy) is 1. The average Bonchev–Trinajstić information content (AvgIpc) is 3.17. The first-order valence-corrected chi connectivity index (χ1v) is 9.94. The molecule has 5 rings (SSSR count). The Morgan fingerprint density at radius 1 is 1.21 bits per heavy atom. The van der Waals surface area contributed by atoms with Crippen molar-refractivity contribution in [2.75, 3.05) is 11.9 Å². The summed E-state index contributed by atoms with van der Waals surface area (Å²) in [6.45, 7) is 3.18. The van der Waals surface area contributed by atoms with E-state index in [1.54, 1.807) is 16.9 Å². The molecule has 1 saturated carbocycles. The molecular formula is C20H24N6O2. The normalized spacial score (nSPS) is 22.2. The summed E-state index contributed by atoms with van der Waals surface area (Å²) in [6.07, 6.45) is 6.40. The van der Waals surface area contributed by atoms with Crippen molar-refractivity contribution in [3.63, 3.8) is 0 Å². The van der Waals surface area contributed by atoms with Gasteiger partial charge in [-0.1, -0.05) is 0 Å². The maximum atomic E-state index is 12.5. The van der Waals surface area contributed by atoms with Crippen LogP contribution in [0.15, 0.2) is 29.2 Å². The minimum Gasteiger partial charge on any atom is -0.376 e. The topological polar surface area (TPSA) is 86.3 Å². The van der Waals surface area contributed by atoms with Crippen molar-refractivity contribution >= 4 is 11.5 Å². The van der Waals surface area contributed by atoms with E-state index < -0.39 is 0 Å². The van der Waals surface area contributed by atoms with Crippen LogP contribution in [0.1, 0.15) is 48.7 Å². The standard InChI is InChI=1S/C20H24N6O2/c1-13-10-19(26-18(22-13)6-8-21-26)23-15-2-4-16(5-3-15)25-20(27)11-14-12-28-9-7-17(14)24-25/h6,8,10-11,15-16,23H,2-5,7,9,12H2,1H3. The van der Waals surface area contributed by atoms with Gasteiger partial charge in [0.1, 0.15) is 5.82 Å². The molecular weight excluding hydrogens is 356 g/mol. The van der Waals surface area contributed by atoms with Crippen LogP contribution in [0, 0.1) is 6.92 Å². The van der Waals surface area contributed by atoms with Crippen molar-refractivity contribution in [1.82, 2.24) is 24.4 Å². The predicted octanol–water partition coefficient (Wildman–Crippen LogP) is 2.26. The third-order valence-corrected chi connectivity index (χ3v) is 5.75. The highest BCUT2D eigenvalue weighted by molar-refractivity contribution is 5.49. The van der Waals surface area contributed by atoms with Crippen molar-refractivity contribution < 1.29 is 4.74 Å². The lowest BCUT2D eigenvalue weighted by atomic mass is 9.91. The number of nitrogens with one attached hydrogen (secondary N) is 1. The first-order valence-electron chi connectivity index (χ1n) is 9.94. The summed E-state index contributed by atoms with van der Waals surface area (Å²) in [5.41, 5.74) is 3.77. The quantitative estimate of drug-likeness (QED) is 0.750. The third-order valence-electron chi connectivity index (χ3n) is 5.75. The first-order chi connectivity index (χ1) is 13.7. The molecule has 2 aliphatic rings. The van der Waals surface area contributed by atoms with Crippen LogP contribution in [0.2, 0.25) is 0 Å². The number of aromatic nitrogens is 5. The third kappa shape index (κ3) is 3.17. The first kappa shape index (κ1) is 17.4. The number of aryl methyl sites for hydroxylation is 1. The zero-order valence-electron chi connectivity index (χ0n) is 16.0. The lowest BCUT2D eigenvalue weighted by Gasteiger charge is -2.30. The minimum atomic E-state index is -0.0105. The van der Waals surface area contributed by atoms with Crippen LogP contribution in [0.3, 0.4) is 0 Å². The van der Waals surface area contributed by atoms with Crippen molar-refractivity contribution in [3.8, 4) is 0 Å². The summed E-state index contributed by atoms with van der Waals surface area (Å²) in [5, 5.41) is 12.7. The number of nitrogens with zero attached hydrogens (tertiary/aromatic N) is 5. The van der Waals surface area contributed by atoms with E-state index in [0.717, 1.165) is 60.5 Å². The van der Waals surface area contributed by atoms with Crippen molar-refractivity contribution in [1.29, 1.82) is 0 Å². The largest absolute Gasteiger partial charge is 0.376 e. The fourth-order valence-corrected chi connectivity index (χ4v) is 4.31. The minimum absolute atomic E-state index is 0.0105. The summed E-state index contributed by atoms with van der Waals surface area (Å²) >= 11 is 0. The second kappa shape index (κ2) is 7.01. The Kier molecular flexibility index (Phi) is 4.35. The van der Waals surface area contributed by atoms with Gasteiger partial charge in [-0.05, 0) is 32.6 Å². The summed E-state index contributed by atoms with van der Waals surface area (Å²) in [4.78, 5) is 17.0. The molecule has 0 spiro atoms. The molecule has 0 saturated heterocycles. The smallest absolute Gasteiger partial charge is 0.267 e. The Morgan fingerprint density at radius 3 is 2.93 bits per heavy atom. The molecule has 0 bridgehead atoms. The second-order valence-corrected chi connectivity index (χ2v) is 7.74. The van der Waals surface area contributed by atoms with Gasteiger partial charge in [0.25, 0.3) is 5.56 Å². The van der Waals surface area contributed by atoms with E-state index >= 15 is 0 Å². The van der Waals surface area contributed by atoms with Crippen LogP contribution in [0.25, 0.3) is 5.65 Å². The van der Waals surface area contributed by atoms with E-state index in [0.29, 0.717) is 19.3 Å². The van der Waals surface area contributed by atoms with E-state index in [1.807, 2.05) is 23.6 Å². The summed E-state index contributed by atoms with van der Waals surface area (Å²) in [5.74, 6) is 0.972. The molecule has 8 nitrogen and oxygen atoms in total. The van der Waals surface area contributed by atoms with Crippen molar-refractivity contribution in [2.24, 2.45) is 0 Å². The molecule has 1 N–H and O–H groups in total. The summed E-state index contributed by atoms with van der Waals surface area (Å²) in [7, 11) is 0. The Labute approximate surface area is 162 Å². The highest BCUT2D eigenvalue weighted by Crippen LogP contribution is 2.29. The monoisotopic (exact) mass is 380 g/mol. The summed E-state index contributed by atoms with van der Waals surface area (Å²) in [6, 6.07) is 6.17. The van der Waals surface area contributed by atoms with Crippen molar-refractivity contribution in [3.05, 3.63) is 51.7 Å². The fourth-order valence-electron chi connectivity index (χ4n) is 4.31. The molecule has 3 aromatic heterocycles. The van der Waals surface area contributed by atoms with Gasteiger partial charge < -0.3 is 10.1 Å². The SMILES string of the molecule is Cc1cc(NC2CCC(n3nc4c(cc3=O)COCC4)CC2)n2nccc2n1. The Hall–Kier alpha value is -2.74. The number of hydrogen-bond donors (Lipinski definition) is 1. The molecule has 0 amide bonds. The zero-order valence-corrected chi connectivity index (χ0v) is 16.0. The highest BCUT2D eigenvalue weighted by Gasteiger charge is 2.25. The molecule has 1 aliphatic heterocycles. The molecule has 0 aromatic carbocycles. The van der Waals surface area contributed by atoms with E-state index in [4.69, 9.17) is 4.74 Å². The van der Waals surface area contributed by atoms with Crippen LogP contribution in [-0.4, -0.2) is 37.0 Å². The van der Waals surface area contributed by atoms with E-state index in [-0.39, 0.29) is 11.6 Å². The van der Waals surface area contributed by atoms with Gasteiger partial charge in [0.05, 0.1) is 31.1 Å². The number of fused-ring (bicyclic) bond motifs is 2. The Bertz CT molecular complexity index is 1060. The zero-order chi connectivity index (χ0) is 19.1. The van der Waals surface area contributed by atoms with Gasteiger partial charge in [0.2, 0.25) is 0 Å². The molecule has 4 heterocycles. The van der Waals surface area contributed by atoms with Gasteiger partial charge in [-0.3, -0.25) is 4.79 Å². The molecule has 0 radical (unpaired) electrons. The van der Waals surface area contributed by atoms with E-state index in [2.05, 4.69) is 20.5 Å². The summed E-state index contributed by atoms with van der Waals surface area (Å²) < 4.78 is 8.99.